The standard InChI is InChI=1S/C29H24F5N5O2/c30-18-8-15(9-19(31)12-18)10-24(38-25(40)14-39-27(28(33)34)22(13-37-39)16-3-4-16)26-20(2-1-7-36-26)17-5-6-23(32)21(11-17)29(35)41/h1-2,5-9,11-13,16,24,28H,3-4,10,14H2,(H2,35,41)(H,38,40)/t24-/m0/s1. The minimum atomic E-state index is -2.84. The average Bonchev–Trinajstić information content (AvgIpc) is 3.67. The van der Waals surface area contributed by atoms with Crippen LogP contribution < -0.4 is 11.1 Å². The SMILES string of the molecule is NC(=O)c1cc(-c2cccnc2[C@H](Cc2cc(F)cc(F)c2)NC(=O)Cn2ncc(C3CC3)c2C(F)F)ccc1F. The van der Waals surface area contributed by atoms with Gasteiger partial charge in [-0.15, -0.1) is 0 Å². The lowest BCUT2D eigenvalue weighted by Gasteiger charge is -2.22. The van der Waals surface area contributed by atoms with Crippen LogP contribution in [-0.2, 0) is 17.8 Å². The van der Waals surface area contributed by atoms with Crippen molar-refractivity contribution in [2.45, 2.75) is 44.2 Å². The molecule has 0 saturated heterocycles. The third kappa shape index (κ3) is 6.26. The van der Waals surface area contributed by atoms with Gasteiger partial charge in [-0.25, -0.2) is 22.0 Å². The Morgan fingerprint density at radius 3 is 2.44 bits per heavy atom. The molecule has 2 amide bonds. The second kappa shape index (κ2) is 11.5. The summed E-state index contributed by atoms with van der Waals surface area (Å²) < 4.78 is 70.9. The average molecular weight is 570 g/mol. The first-order valence-electron chi connectivity index (χ1n) is 12.7. The summed E-state index contributed by atoms with van der Waals surface area (Å²) in [5.41, 5.74) is 6.15. The molecule has 1 fully saturated rings. The van der Waals surface area contributed by atoms with E-state index in [2.05, 4.69) is 15.4 Å². The van der Waals surface area contributed by atoms with E-state index in [0.29, 0.717) is 22.8 Å². The Bertz CT molecular complexity index is 1600. The maximum Gasteiger partial charge on any atom is 0.280 e. The molecular formula is C29H24F5N5O2. The molecule has 4 aromatic rings. The highest BCUT2D eigenvalue weighted by molar-refractivity contribution is 5.94. The highest BCUT2D eigenvalue weighted by Gasteiger charge is 2.33. The van der Waals surface area contributed by atoms with Crippen molar-refractivity contribution >= 4 is 11.8 Å². The maximum absolute atomic E-state index is 14.2. The van der Waals surface area contributed by atoms with E-state index in [-0.39, 0.29) is 34.9 Å². The Labute approximate surface area is 231 Å². The van der Waals surface area contributed by atoms with Gasteiger partial charge in [-0.2, -0.15) is 5.10 Å². The Morgan fingerprint density at radius 2 is 1.78 bits per heavy atom. The number of alkyl halides is 2. The Kier molecular flexibility index (Phi) is 7.82. The number of amides is 2. The fraction of sp³-hybridized carbons (Fsp3) is 0.241. The van der Waals surface area contributed by atoms with E-state index in [1.165, 1.54) is 24.5 Å². The first-order valence-corrected chi connectivity index (χ1v) is 12.7. The number of aromatic nitrogens is 3. The van der Waals surface area contributed by atoms with Crippen LogP contribution in [0.25, 0.3) is 11.1 Å². The minimum Gasteiger partial charge on any atom is -0.366 e. The normalized spacial score (nSPS) is 13.8. The molecule has 2 heterocycles. The molecule has 0 aliphatic heterocycles. The van der Waals surface area contributed by atoms with E-state index < -0.39 is 48.3 Å². The summed E-state index contributed by atoms with van der Waals surface area (Å²) in [7, 11) is 0. The summed E-state index contributed by atoms with van der Waals surface area (Å²) in [5.74, 6) is -4.19. The summed E-state index contributed by atoms with van der Waals surface area (Å²) >= 11 is 0. The molecule has 41 heavy (non-hydrogen) atoms. The van der Waals surface area contributed by atoms with Crippen LogP contribution in [0.4, 0.5) is 22.0 Å². The third-order valence-corrected chi connectivity index (χ3v) is 6.84. The molecule has 1 saturated carbocycles. The molecule has 5 rings (SSSR count). The summed E-state index contributed by atoms with van der Waals surface area (Å²) in [5, 5.41) is 6.74. The molecule has 0 bridgehead atoms. The second-order valence-electron chi connectivity index (χ2n) is 9.81. The van der Waals surface area contributed by atoms with Crippen LogP contribution in [0.2, 0.25) is 0 Å². The van der Waals surface area contributed by atoms with Crippen LogP contribution in [-0.4, -0.2) is 26.6 Å². The zero-order chi connectivity index (χ0) is 29.3. The lowest BCUT2D eigenvalue weighted by atomic mass is 9.94. The molecule has 0 spiro atoms. The number of nitrogens with zero attached hydrogens (tertiary/aromatic N) is 3. The van der Waals surface area contributed by atoms with E-state index >= 15 is 0 Å². The lowest BCUT2D eigenvalue weighted by Crippen LogP contribution is -2.34. The van der Waals surface area contributed by atoms with Crippen molar-refractivity contribution in [3.63, 3.8) is 0 Å². The van der Waals surface area contributed by atoms with Crippen LogP contribution in [0, 0.1) is 17.5 Å². The van der Waals surface area contributed by atoms with Gasteiger partial charge in [-0.1, -0.05) is 12.1 Å². The Hall–Kier alpha value is -4.61. The lowest BCUT2D eigenvalue weighted by molar-refractivity contribution is -0.122. The molecule has 1 aliphatic rings. The van der Waals surface area contributed by atoms with Gasteiger partial charge >= 0.3 is 0 Å². The Balaban J connectivity index is 1.51. The smallest absolute Gasteiger partial charge is 0.280 e. The molecule has 2 aromatic carbocycles. The summed E-state index contributed by atoms with van der Waals surface area (Å²) in [4.78, 5) is 29.4. The van der Waals surface area contributed by atoms with Crippen molar-refractivity contribution in [3.05, 3.63) is 106 Å². The number of nitrogens with two attached hydrogens (primary N) is 1. The number of hydrogen-bond acceptors (Lipinski definition) is 4. The van der Waals surface area contributed by atoms with Gasteiger partial charge in [0.25, 0.3) is 12.3 Å². The van der Waals surface area contributed by atoms with Crippen molar-refractivity contribution in [2.75, 3.05) is 0 Å². The predicted octanol–water partition coefficient (Wildman–Crippen LogP) is 5.38. The highest BCUT2D eigenvalue weighted by Crippen LogP contribution is 2.43. The fourth-order valence-corrected chi connectivity index (χ4v) is 4.86. The first-order chi connectivity index (χ1) is 19.6. The van der Waals surface area contributed by atoms with Crippen molar-refractivity contribution < 1.29 is 31.5 Å². The number of rotatable bonds is 10. The van der Waals surface area contributed by atoms with E-state index in [1.54, 1.807) is 12.1 Å². The van der Waals surface area contributed by atoms with E-state index in [9.17, 15) is 31.5 Å². The monoisotopic (exact) mass is 569 g/mol. The highest BCUT2D eigenvalue weighted by atomic mass is 19.3. The van der Waals surface area contributed by atoms with E-state index in [4.69, 9.17) is 5.73 Å². The number of hydrogen-bond donors (Lipinski definition) is 2. The molecule has 12 heteroatoms. The number of primary amides is 1. The van der Waals surface area contributed by atoms with Gasteiger partial charge < -0.3 is 11.1 Å². The number of benzene rings is 2. The predicted molar refractivity (Wildman–Crippen MR) is 138 cm³/mol. The largest absolute Gasteiger partial charge is 0.366 e. The second-order valence-corrected chi connectivity index (χ2v) is 9.81. The van der Waals surface area contributed by atoms with Gasteiger partial charge in [-0.05, 0) is 66.6 Å². The summed E-state index contributed by atoms with van der Waals surface area (Å²) in [6.07, 6.45) is 1.34. The molecular weight excluding hydrogens is 545 g/mol. The quantitative estimate of drug-likeness (QED) is 0.251. The summed E-state index contributed by atoms with van der Waals surface area (Å²) in [6, 6.07) is 8.74. The molecule has 0 radical (unpaired) electrons. The molecule has 1 aliphatic carbocycles. The van der Waals surface area contributed by atoms with Gasteiger partial charge in [0.1, 0.15) is 29.7 Å². The van der Waals surface area contributed by atoms with Gasteiger partial charge in [0.2, 0.25) is 5.91 Å². The number of nitrogens with one attached hydrogen (secondary N) is 1. The fourth-order valence-electron chi connectivity index (χ4n) is 4.86. The van der Waals surface area contributed by atoms with Gasteiger partial charge in [0.15, 0.2) is 0 Å². The maximum atomic E-state index is 14.2. The van der Waals surface area contributed by atoms with Gasteiger partial charge in [-0.3, -0.25) is 19.3 Å². The topological polar surface area (TPSA) is 103 Å². The number of carbonyl (C=O) groups is 2. The van der Waals surface area contributed by atoms with Crippen molar-refractivity contribution in [3.8, 4) is 11.1 Å². The van der Waals surface area contributed by atoms with Crippen LogP contribution >= 0.6 is 0 Å². The van der Waals surface area contributed by atoms with E-state index in [0.717, 1.165) is 35.7 Å². The van der Waals surface area contributed by atoms with Crippen molar-refractivity contribution in [1.82, 2.24) is 20.1 Å². The molecule has 7 nitrogen and oxygen atoms in total. The zero-order valence-electron chi connectivity index (χ0n) is 21.5. The van der Waals surface area contributed by atoms with Crippen LogP contribution in [0.5, 0.6) is 0 Å². The number of pyridine rings is 1. The summed E-state index contributed by atoms with van der Waals surface area (Å²) in [6.45, 7) is -0.537. The minimum absolute atomic E-state index is 0.0106. The molecule has 2 aromatic heterocycles. The Morgan fingerprint density at radius 1 is 1.05 bits per heavy atom. The molecule has 212 valence electrons. The van der Waals surface area contributed by atoms with Gasteiger partial charge in [0, 0.05) is 23.4 Å². The molecule has 1 atom stereocenters. The third-order valence-electron chi connectivity index (χ3n) is 6.84. The van der Waals surface area contributed by atoms with Crippen molar-refractivity contribution in [1.29, 1.82) is 0 Å². The van der Waals surface area contributed by atoms with Crippen LogP contribution in [0.1, 0.15) is 64.1 Å². The van der Waals surface area contributed by atoms with Crippen LogP contribution in [0.3, 0.4) is 0 Å². The van der Waals surface area contributed by atoms with Crippen molar-refractivity contribution in [2.24, 2.45) is 5.73 Å². The first kappa shape index (κ1) is 27.9. The zero-order valence-corrected chi connectivity index (χ0v) is 21.5. The van der Waals surface area contributed by atoms with Crippen LogP contribution in [0.15, 0.2) is 60.9 Å². The number of halogens is 5. The number of carbonyl (C=O) groups excluding carboxylic acids is 2. The molecule has 3 N–H and O–H groups in total. The molecule has 0 unspecified atom stereocenters. The van der Waals surface area contributed by atoms with E-state index in [1.807, 2.05) is 0 Å². The van der Waals surface area contributed by atoms with Gasteiger partial charge in [0.05, 0.1) is 23.5 Å².